The maximum absolute atomic E-state index is 12.5. The van der Waals surface area contributed by atoms with Crippen LogP contribution in [0.5, 0.6) is 17.2 Å². The minimum absolute atomic E-state index is 0.168. The highest BCUT2D eigenvalue weighted by Crippen LogP contribution is 2.19. The van der Waals surface area contributed by atoms with Gasteiger partial charge >= 0.3 is 0 Å². The molecule has 0 bridgehead atoms. The van der Waals surface area contributed by atoms with Crippen LogP contribution >= 0.6 is 0 Å². The third-order valence-corrected chi connectivity index (χ3v) is 5.05. The van der Waals surface area contributed by atoms with Gasteiger partial charge in [-0.25, -0.2) is 0 Å². The zero-order chi connectivity index (χ0) is 22.0. The van der Waals surface area contributed by atoms with Gasteiger partial charge in [0.1, 0.15) is 37.1 Å². The molecule has 1 aliphatic rings. The first-order valence-electron chi connectivity index (χ1n) is 10.8. The predicted octanol–water partition coefficient (Wildman–Crippen LogP) is 4.95. The number of benzene rings is 3. The van der Waals surface area contributed by atoms with Crippen molar-refractivity contribution in [3.05, 3.63) is 84.4 Å². The number of carbonyl (C=O) groups excluding carboxylic acids is 1. The molecule has 6 heteroatoms. The van der Waals surface area contributed by atoms with E-state index in [1.54, 1.807) is 24.3 Å². The molecule has 1 atom stereocenters. The van der Waals surface area contributed by atoms with Gasteiger partial charge < -0.3 is 24.3 Å². The number of para-hydroxylation sites is 1. The van der Waals surface area contributed by atoms with E-state index in [9.17, 15) is 4.79 Å². The zero-order valence-corrected chi connectivity index (χ0v) is 17.9. The monoisotopic (exact) mass is 433 g/mol. The van der Waals surface area contributed by atoms with E-state index in [4.69, 9.17) is 18.9 Å². The molecule has 1 N–H and O–H groups in total. The van der Waals surface area contributed by atoms with Crippen LogP contribution in [-0.4, -0.2) is 38.4 Å². The Hall–Kier alpha value is -3.51. The summed E-state index contributed by atoms with van der Waals surface area (Å²) in [6.07, 6.45) is 2.29. The van der Waals surface area contributed by atoms with Gasteiger partial charge in [-0.15, -0.1) is 0 Å². The van der Waals surface area contributed by atoms with Crippen LogP contribution in [0.15, 0.2) is 78.9 Å². The fourth-order valence-corrected chi connectivity index (χ4v) is 3.34. The van der Waals surface area contributed by atoms with E-state index in [0.717, 1.165) is 30.9 Å². The average molecular weight is 434 g/mol. The summed E-state index contributed by atoms with van der Waals surface area (Å²) in [5, 5.41) is 2.89. The molecule has 1 fully saturated rings. The number of carbonyl (C=O) groups is 1. The maximum atomic E-state index is 12.5. The van der Waals surface area contributed by atoms with Gasteiger partial charge in [-0.2, -0.15) is 0 Å². The SMILES string of the molecule is O=C(Nc1ccc(OCCOc2ccccc2)cc1)c1ccc(OCC2CCCO2)cc1. The van der Waals surface area contributed by atoms with Crippen molar-refractivity contribution in [1.82, 2.24) is 0 Å². The van der Waals surface area contributed by atoms with Crippen molar-refractivity contribution in [2.45, 2.75) is 18.9 Å². The highest BCUT2D eigenvalue weighted by molar-refractivity contribution is 6.04. The smallest absolute Gasteiger partial charge is 0.255 e. The van der Waals surface area contributed by atoms with Crippen LogP contribution in [0, 0.1) is 0 Å². The molecule has 0 aromatic heterocycles. The third-order valence-electron chi connectivity index (χ3n) is 5.05. The van der Waals surface area contributed by atoms with Crippen molar-refractivity contribution in [1.29, 1.82) is 0 Å². The van der Waals surface area contributed by atoms with Crippen molar-refractivity contribution in [3.63, 3.8) is 0 Å². The molecule has 166 valence electrons. The second-order valence-corrected chi connectivity index (χ2v) is 7.46. The minimum Gasteiger partial charge on any atom is -0.491 e. The Kier molecular flexibility index (Phi) is 7.60. The van der Waals surface area contributed by atoms with Crippen LogP contribution < -0.4 is 19.5 Å². The quantitative estimate of drug-likeness (QED) is 0.458. The van der Waals surface area contributed by atoms with Crippen LogP contribution in [0.25, 0.3) is 0 Å². The molecule has 1 unspecified atom stereocenters. The first kappa shape index (κ1) is 21.7. The Morgan fingerprint density at radius 3 is 2.09 bits per heavy atom. The van der Waals surface area contributed by atoms with Crippen LogP contribution in [0.4, 0.5) is 5.69 Å². The second-order valence-electron chi connectivity index (χ2n) is 7.46. The van der Waals surface area contributed by atoms with E-state index in [2.05, 4.69) is 5.32 Å². The van der Waals surface area contributed by atoms with Gasteiger partial charge in [0.05, 0.1) is 6.10 Å². The summed E-state index contributed by atoms with van der Waals surface area (Å²) < 4.78 is 22.6. The number of nitrogens with one attached hydrogen (secondary N) is 1. The number of rotatable bonds is 10. The molecule has 1 amide bonds. The Balaban J connectivity index is 1.20. The number of amides is 1. The van der Waals surface area contributed by atoms with E-state index in [-0.39, 0.29) is 12.0 Å². The summed E-state index contributed by atoms with van der Waals surface area (Å²) in [5.74, 6) is 2.08. The van der Waals surface area contributed by atoms with E-state index < -0.39 is 0 Å². The highest BCUT2D eigenvalue weighted by atomic mass is 16.5. The van der Waals surface area contributed by atoms with Gasteiger partial charge in [0.15, 0.2) is 0 Å². The lowest BCUT2D eigenvalue weighted by Gasteiger charge is -2.12. The normalized spacial score (nSPS) is 15.2. The molecule has 3 aromatic rings. The van der Waals surface area contributed by atoms with Crippen molar-refractivity contribution in [2.75, 3.05) is 31.7 Å². The molecule has 32 heavy (non-hydrogen) atoms. The molecule has 1 saturated heterocycles. The predicted molar refractivity (Wildman–Crippen MR) is 123 cm³/mol. The van der Waals surface area contributed by atoms with Crippen molar-refractivity contribution >= 4 is 11.6 Å². The third kappa shape index (κ3) is 6.49. The summed E-state index contributed by atoms with van der Waals surface area (Å²) in [6.45, 7) is 2.24. The Morgan fingerprint density at radius 2 is 1.44 bits per heavy atom. The molecule has 3 aromatic carbocycles. The van der Waals surface area contributed by atoms with Crippen LogP contribution in [-0.2, 0) is 4.74 Å². The number of anilines is 1. The first-order valence-corrected chi connectivity index (χ1v) is 10.8. The van der Waals surface area contributed by atoms with E-state index in [1.807, 2.05) is 54.6 Å². The lowest BCUT2D eigenvalue weighted by atomic mass is 10.2. The highest BCUT2D eigenvalue weighted by Gasteiger charge is 2.16. The molecular formula is C26H27NO5. The number of hydrogen-bond acceptors (Lipinski definition) is 5. The Labute approximate surface area is 188 Å². The van der Waals surface area contributed by atoms with E-state index in [0.29, 0.717) is 36.8 Å². The second kappa shape index (κ2) is 11.2. The number of ether oxygens (including phenoxy) is 4. The van der Waals surface area contributed by atoms with Crippen molar-refractivity contribution in [3.8, 4) is 17.2 Å². The molecule has 4 rings (SSSR count). The Bertz CT molecular complexity index is 967. The molecule has 1 aliphatic heterocycles. The largest absolute Gasteiger partial charge is 0.491 e. The summed E-state index contributed by atoms with van der Waals surface area (Å²) >= 11 is 0. The molecular weight excluding hydrogens is 406 g/mol. The Morgan fingerprint density at radius 1 is 0.812 bits per heavy atom. The molecule has 0 radical (unpaired) electrons. The van der Waals surface area contributed by atoms with Gasteiger partial charge in [-0.05, 0) is 73.5 Å². The van der Waals surface area contributed by atoms with E-state index in [1.165, 1.54) is 0 Å². The summed E-state index contributed by atoms with van der Waals surface area (Å²) in [6, 6.07) is 24.0. The van der Waals surface area contributed by atoms with Crippen molar-refractivity contribution < 1.29 is 23.7 Å². The molecule has 1 heterocycles. The van der Waals surface area contributed by atoms with Crippen LogP contribution in [0.3, 0.4) is 0 Å². The number of hydrogen-bond donors (Lipinski definition) is 1. The topological polar surface area (TPSA) is 66.0 Å². The maximum Gasteiger partial charge on any atom is 0.255 e. The fraction of sp³-hybridized carbons (Fsp3) is 0.269. The minimum atomic E-state index is -0.180. The lowest BCUT2D eigenvalue weighted by molar-refractivity contribution is 0.0679. The van der Waals surface area contributed by atoms with Gasteiger partial charge in [0.25, 0.3) is 5.91 Å². The van der Waals surface area contributed by atoms with Gasteiger partial charge in [-0.1, -0.05) is 18.2 Å². The standard InChI is InChI=1S/C26H27NO5/c28-26(20-8-12-24(13-9-20)32-19-25-7-4-16-29-25)27-21-10-14-23(15-11-21)31-18-17-30-22-5-2-1-3-6-22/h1-3,5-6,8-15,25H,4,7,16-19H2,(H,27,28). The summed E-state index contributed by atoms with van der Waals surface area (Å²) in [7, 11) is 0. The molecule has 0 spiro atoms. The zero-order valence-electron chi connectivity index (χ0n) is 17.9. The van der Waals surface area contributed by atoms with Gasteiger partial charge in [0.2, 0.25) is 0 Å². The average Bonchev–Trinajstić information content (AvgIpc) is 3.36. The fourth-order valence-electron chi connectivity index (χ4n) is 3.34. The van der Waals surface area contributed by atoms with Crippen LogP contribution in [0.1, 0.15) is 23.2 Å². The summed E-state index contributed by atoms with van der Waals surface area (Å²) in [4.78, 5) is 12.5. The molecule has 0 saturated carbocycles. The van der Waals surface area contributed by atoms with Crippen LogP contribution in [0.2, 0.25) is 0 Å². The van der Waals surface area contributed by atoms with E-state index >= 15 is 0 Å². The lowest BCUT2D eigenvalue weighted by Crippen LogP contribution is -2.16. The molecule has 0 aliphatic carbocycles. The van der Waals surface area contributed by atoms with Crippen molar-refractivity contribution in [2.24, 2.45) is 0 Å². The first-order chi connectivity index (χ1) is 15.8. The molecule has 6 nitrogen and oxygen atoms in total. The van der Waals surface area contributed by atoms with Gasteiger partial charge in [0, 0.05) is 17.9 Å². The van der Waals surface area contributed by atoms with Gasteiger partial charge in [-0.3, -0.25) is 4.79 Å². The summed E-state index contributed by atoms with van der Waals surface area (Å²) in [5.41, 5.74) is 1.26.